The van der Waals surface area contributed by atoms with Crippen molar-refractivity contribution in [1.82, 2.24) is 0 Å². The molecule has 1 saturated heterocycles. The molecule has 0 atom stereocenters. The Kier molecular flexibility index (Phi) is 4.50. The molecule has 1 aliphatic heterocycles. The molecule has 4 nitrogen and oxygen atoms in total. The maximum absolute atomic E-state index is 12.3. The molecule has 1 fully saturated rings. The Hall–Kier alpha value is -2.11. The normalized spacial score (nSPS) is 16.2. The number of halogens is 1. The van der Waals surface area contributed by atoms with Crippen molar-refractivity contribution in [1.29, 1.82) is 0 Å². The molecule has 2 aromatic rings. The number of amidine groups is 1. The SMILES string of the molecule is Cc1cccc(C(=O)N=C2SCC(=O)N2c2cccc(Cl)c2)c1. The van der Waals surface area contributed by atoms with Crippen LogP contribution in [0.1, 0.15) is 15.9 Å². The Morgan fingerprint density at radius 2 is 2.00 bits per heavy atom. The van der Waals surface area contributed by atoms with Crippen LogP contribution < -0.4 is 4.90 Å². The number of nitrogens with zero attached hydrogens (tertiary/aromatic N) is 2. The van der Waals surface area contributed by atoms with Gasteiger partial charge in [-0.3, -0.25) is 14.5 Å². The van der Waals surface area contributed by atoms with Crippen molar-refractivity contribution in [3.05, 3.63) is 64.7 Å². The molecule has 2 aromatic carbocycles. The summed E-state index contributed by atoms with van der Waals surface area (Å²) < 4.78 is 0. The number of aliphatic imine (C=N–C) groups is 1. The second kappa shape index (κ2) is 6.56. The molecule has 1 heterocycles. The second-order valence-electron chi connectivity index (χ2n) is 5.07. The summed E-state index contributed by atoms with van der Waals surface area (Å²) >= 11 is 7.24. The molecule has 0 N–H and O–H groups in total. The maximum atomic E-state index is 12.3. The summed E-state index contributed by atoms with van der Waals surface area (Å²) in [5.41, 5.74) is 2.10. The van der Waals surface area contributed by atoms with Crippen molar-refractivity contribution in [3.63, 3.8) is 0 Å². The van der Waals surface area contributed by atoms with Crippen LogP contribution in [0.5, 0.6) is 0 Å². The molecule has 23 heavy (non-hydrogen) atoms. The van der Waals surface area contributed by atoms with E-state index in [4.69, 9.17) is 11.6 Å². The number of benzene rings is 2. The van der Waals surface area contributed by atoms with Gasteiger partial charge in [-0.1, -0.05) is 47.1 Å². The predicted molar refractivity (Wildman–Crippen MR) is 94.3 cm³/mol. The Balaban J connectivity index is 1.94. The summed E-state index contributed by atoms with van der Waals surface area (Å²) in [7, 11) is 0. The van der Waals surface area contributed by atoms with E-state index < -0.39 is 0 Å². The minimum Gasteiger partial charge on any atom is -0.273 e. The molecule has 0 saturated carbocycles. The third-order valence-corrected chi connectivity index (χ3v) is 4.45. The standard InChI is InChI=1S/C17H13ClN2O2S/c1-11-4-2-5-12(8-11)16(22)19-17-20(15(21)10-23-17)14-7-3-6-13(18)9-14/h2-9H,10H2,1H3. The molecule has 0 unspecified atom stereocenters. The van der Waals surface area contributed by atoms with Gasteiger partial charge in [0, 0.05) is 10.6 Å². The molecule has 1 aliphatic rings. The summed E-state index contributed by atoms with van der Waals surface area (Å²) in [6.07, 6.45) is 0. The maximum Gasteiger partial charge on any atom is 0.279 e. The molecule has 0 spiro atoms. The number of thioether (sulfide) groups is 1. The van der Waals surface area contributed by atoms with E-state index in [2.05, 4.69) is 4.99 Å². The van der Waals surface area contributed by atoms with Crippen LogP contribution in [0, 0.1) is 6.92 Å². The first-order chi connectivity index (χ1) is 11.0. The zero-order chi connectivity index (χ0) is 16.4. The zero-order valence-corrected chi connectivity index (χ0v) is 13.9. The monoisotopic (exact) mass is 344 g/mol. The summed E-state index contributed by atoms with van der Waals surface area (Å²) in [5.74, 6) is -0.224. The Morgan fingerprint density at radius 1 is 1.22 bits per heavy atom. The van der Waals surface area contributed by atoms with Crippen molar-refractivity contribution in [2.24, 2.45) is 4.99 Å². The van der Waals surface area contributed by atoms with Crippen molar-refractivity contribution in [3.8, 4) is 0 Å². The van der Waals surface area contributed by atoms with E-state index >= 15 is 0 Å². The number of hydrogen-bond donors (Lipinski definition) is 0. The fraction of sp³-hybridized carbons (Fsp3) is 0.118. The first-order valence-corrected chi connectivity index (χ1v) is 8.32. The first kappa shape index (κ1) is 15.8. The molecule has 0 aromatic heterocycles. The van der Waals surface area contributed by atoms with E-state index in [1.54, 1.807) is 36.4 Å². The second-order valence-corrected chi connectivity index (χ2v) is 6.45. The van der Waals surface area contributed by atoms with Crippen molar-refractivity contribution < 1.29 is 9.59 Å². The molecule has 3 rings (SSSR count). The summed E-state index contributed by atoms with van der Waals surface area (Å²) in [6.45, 7) is 1.91. The summed E-state index contributed by atoms with van der Waals surface area (Å²) in [4.78, 5) is 30.0. The van der Waals surface area contributed by atoms with E-state index in [1.165, 1.54) is 16.7 Å². The van der Waals surface area contributed by atoms with Gasteiger partial charge >= 0.3 is 0 Å². The van der Waals surface area contributed by atoms with Gasteiger partial charge in [-0.15, -0.1) is 0 Å². The van der Waals surface area contributed by atoms with Gasteiger partial charge in [-0.25, -0.2) is 0 Å². The van der Waals surface area contributed by atoms with Gasteiger partial charge < -0.3 is 0 Å². The lowest BCUT2D eigenvalue weighted by molar-refractivity contribution is -0.115. The third kappa shape index (κ3) is 3.46. The van der Waals surface area contributed by atoms with Crippen molar-refractivity contribution >= 4 is 46.0 Å². The van der Waals surface area contributed by atoms with Crippen molar-refractivity contribution in [2.45, 2.75) is 6.92 Å². The quantitative estimate of drug-likeness (QED) is 0.829. The van der Waals surface area contributed by atoms with Crippen LogP contribution in [0.2, 0.25) is 5.02 Å². The Bertz CT molecular complexity index is 820. The molecule has 116 valence electrons. The van der Waals surface area contributed by atoms with E-state index in [-0.39, 0.29) is 17.6 Å². The Morgan fingerprint density at radius 3 is 2.74 bits per heavy atom. The molecular weight excluding hydrogens is 332 g/mol. The number of carbonyl (C=O) groups is 2. The topological polar surface area (TPSA) is 49.7 Å². The number of rotatable bonds is 2. The smallest absolute Gasteiger partial charge is 0.273 e. The zero-order valence-electron chi connectivity index (χ0n) is 12.3. The van der Waals surface area contributed by atoms with Crippen LogP contribution in [0.4, 0.5) is 5.69 Å². The third-order valence-electron chi connectivity index (χ3n) is 3.29. The van der Waals surface area contributed by atoms with Gasteiger partial charge in [0.2, 0.25) is 5.91 Å². The Labute approximate surface area is 143 Å². The largest absolute Gasteiger partial charge is 0.279 e. The van der Waals surface area contributed by atoms with Crippen LogP contribution in [-0.2, 0) is 4.79 Å². The van der Waals surface area contributed by atoms with E-state index in [0.29, 0.717) is 21.4 Å². The van der Waals surface area contributed by atoms with Gasteiger partial charge in [0.05, 0.1) is 11.4 Å². The number of anilines is 1. The molecule has 2 amide bonds. The minimum atomic E-state index is -0.363. The van der Waals surface area contributed by atoms with Crippen molar-refractivity contribution in [2.75, 3.05) is 10.7 Å². The number of hydrogen-bond acceptors (Lipinski definition) is 3. The highest BCUT2D eigenvalue weighted by Gasteiger charge is 2.30. The van der Waals surface area contributed by atoms with Crippen LogP contribution in [0.25, 0.3) is 0 Å². The fourth-order valence-electron chi connectivity index (χ4n) is 2.24. The summed E-state index contributed by atoms with van der Waals surface area (Å²) in [5, 5.41) is 0.903. The average molecular weight is 345 g/mol. The van der Waals surface area contributed by atoms with E-state index in [9.17, 15) is 9.59 Å². The highest BCUT2D eigenvalue weighted by atomic mass is 35.5. The number of carbonyl (C=O) groups excluding carboxylic acids is 2. The lowest BCUT2D eigenvalue weighted by Crippen LogP contribution is -2.29. The predicted octanol–water partition coefficient (Wildman–Crippen LogP) is 3.92. The lowest BCUT2D eigenvalue weighted by Gasteiger charge is -2.16. The minimum absolute atomic E-state index is 0.118. The summed E-state index contributed by atoms with van der Waals surface area (Å²) in [6, 6.07) is 14.1. The highest BCUT2D eigenvalue weighted by molar-refractivity contribution is 8.15. The number of aryl methyl sites for hydroxylation is 1. The van der Waals surface area contributed by atoms with E-state index in [1.807, 2.05) is 19.1 Å². The fourth-order valence-corrected chi connectivity index (χ4v) is 3.29. The first-order valence-electron chi connectivity index (χ1n) is 6.95. The average Bonchev–Trinajstić information content (AvgIpc) is 2.88. The van der Waals surface area contributed by atoms with Crippen LogP contribution in [0.3, 0.4) is 0 Å². The van der Waals surface area contributed by atoms with Crippen LogP contribution >= 0.6 is 23.4 Å². The lowest BCUT2D eigenvalue weighted by atomic mass is 10.1. The van der Waals surface area contributed by atoms with Gasteiger partial charge in [0.25, 0.3) is 5.91 Å². The van der Waals surface area contributed by atoms with Gasteiger partial charge in [-0.2, -0.15) is 4.99 Å². The molecule has 0 radical (unpaired) electrons. The van der Waals surface area contributed by atoms with Gasteiger partial charge in [-0.05, 0) is 37.3 Å². The number of amides is 2. The van der Waals surface area contributed by atoms with Gasteiger partial charge in [0.1, 0.15) is 0 Å². The molecule has 6 heteroatoms. The molecular formula is C17H13ClN2O2S. The van der Waals surface area contributed by atoms with Crippen LogP contribution in [-0.4, -0.2) is 22.7 Å². The van der Waals surface area contributed by atoms with Gasteiger partial charge in [0.15, 0.2) is 5.17 Å². The molecule has 0 aliphatic carbocycles. The van der Waals surface area contributed by atoms with Crippen LogP contribution in [0.15, 0.2) is 53.5 Å². The molecule has 0 bridgehead atoms. The van der Waals surface area contributed by atoms with E-state index in [0.717, 1.165) is 5.56 Å². The highest BCUT2D eigenvalue weighted by Crippen LogP contribution is 2.28.